The van der Waals surface area contributed by atoms with E-state index in [1.54, 1.807) is 0 Å². The third-order valence-corrected chi connectivity index (χ3v) is 3.63. The van der Waals surface area contributed by atoms with E-state index in [9.17, 15) is 0 Å². The maximum absolute atomic E-state index is 3.25. The smallest absolute Gasteiger partial charge is 0.0450 e. The van der Waals surface area contributed by atoms with Crippen LogP contribution in [0.1, 0.15) is 39.0 Å². The van der Waals surface area contributed by atoms with Crippen molar-refractivity contribution >= 4 is 12.2 Å². The van der Waals surface area contributed by atoms with E-state index >= 15 is 0 Å². The van der Waals surface area contributed by atoms with Crippen LogP contribution in [0.4, 0.5) is 0 Å². The second-order valence-electron chi connectivity index (χ2n) is 5.55. The van der Waals surface area contributed by atoms with Gasteiger partial charge in [0.2, 0.25) is 0 Å². The highest BCUT2D eigenvalue weighted by Gasteiger charge is 2.33. The zero-order chi connectivity index (χ0) is 11.1. The molecule has 1 atom stereocenters. The van der Waals surface area contributed by atoms with Crippen molar-refractivity contribution in [3.63, 3.8) is 0 Å². The van der Waals surface area contributed by atoms with Gasteiger partial charge in [0.25, 0.3) is 0 Å². The molecule has 0 aromatic carbocycles. The molecule has 2 rings (SSSR count). The molecule has 0 bridgehead atoms. The summed E-state index contributed by atoms with van der Waals surface area (Å²) in [5.74, 6) is 0. The van der Waals surface area contributed by atoms with Gasteiger partial charge in [0, 0.05) is 17.3 Å². The number of aromatic amines is 1. The minimum atomic E-state index is 0.118. The van der Waals surface area contributed by atoms with E-state index in [1.807, 2.05) is 6.20 Å². The SMILES string of the molecule is CC(C)(C)C1(C)C=Cc2cc[nH]c2C=C1. The van der Waals surface area contributed by atoms with E-state index in [1.165, 1.54) is 11.3 Å². The number of rotatable bonds is 0. The maximum Gasteiger partial charge on any atom is 0.0450 e. The van der Waals surface area contributed by atoms with Gasteiger partial charge in [-0.05, 0) is 23.1 Å². The van der Waals surface area contributed by atoms with Crippen LogP contribution in [0.15, 0.2) is 24.4 Å². The van der Waals surface area contributed by atoms with E-state index in [2.05, 4.69) is 63.0 Å². The van der Waals surface area contributed by atoms with Crippen molar-refractivity contribution < 1.29 is 0 Å². The van der Waals surface area contributed by atoms with Crippen molar-refractivity contribution in [2.75, 3.05) is 0 Å². The minimum Gasteiger partial charge on any atom is -0.361 e. The van der Waals surface area contributed by atoms with E-state index in [0.29, 0.717) is 0 Å². The Morgan fingerprint density at radius 1 is 1.13 bits per heavy atom. The molecule has 1 aromatic heterocycles. The van der Waals surface area contributed by atoms with Gasteiger partial charge >= 0.3 is 0 Å². The Bertz CT molecular complexity index is 384. The molecular weight excluding hydrogens is 182 g/mol. The molecule has 1 nitrogen and oxygen atoms in total. The Balaban J connectivity index is 2.45. The summed E-state index contributed by atoms with van der Waals surface area (Å²) >= 11 is 0. The Morgan fingerprint density at radius 3 is 2.47 bits per heavy atom. The molecule has 1 unspecified atom stereocenters. The predicted octanol–water partition coefficient (Wildman–Crippen LogP) is 4.11. The third-order valence-electron chi connectivity index (χ3n) is 3.63. The van der Waals surface area contributed by atoms with Crippen molar-refractivity contribution in [1.29, 1.82) is 0 Å². The molecule has 1 heteroatoms. The minimum absolute atomic E-state index is 0.118. The molecule has 15 heavy (non-hydrogen) atoms. The lowest BCUT2D eigenvalue weighted by atomic mass is 9.68. The van der Waals surface area contributed by atoms with Gasteiger partial charge < -0.3 is 4.98 Å². The fourth-order valence-corrected chi connectivity index (χ4v) is 1.76. The van der Waals surface area contributed by atoms with Crippen LogP contribution >= 0.6 is 0 Å². The highest BCUT2D eigenvalue weighted by molar-refractivity contribution is 5.66. The summed E-state index contributed by atoms with van der Waals surface area (Å²) in [4.78, 5) is 3.25. The zero-order valence-electron chi connectivity index (χ0n) is 9.96. The normalized spacial score (nSPS) is 25.1. The number of hydrogen-bond acceptors (Lipinski definition) is 0. The molecule has 1 heterocycles. The molecule has 0 saturated carbocycles. The molecule has 1 aliphatic carbocycles. The first kappa shape index (κ1) is 10.3. The van der Waals surface area contributed by atoms with Gasteiger partial charge in [0.05, 0.1) is 0 Å². The van der Waals surface area contributed by atoms with Crippen molar-refractivity contribution in [2.45, 2.75) is 27.7 Å². The lowest BCUT2D eigenvalue weighted by Gasteiger charge is -2.36. The van der Waals surface area contributed by atoms with Gasteiger partial charge in [-0.15, -0.1) is 0 Å². The van der Waals surface area contributed by atoms with E-state index in [0.717, 1.165) is 0 Å². The van der Waals surface area contributed by atoms with E-state index in [-0.39, 0.29) is 10.8 Å². The van der Waals surface area contributed by atoms with Crippen LogP contribution in [0.3, 0.4) is 0 Å². The second kappa shape index (κ2) is 3.13. The molecule has 0 amide bonds. The molecule has 0 spiro atoms. The first-order valence-electron chi connectivity index (χ1n) is 5.48. The average molecular weight is 201 g/mol. The number of fused-ring (bicyclic) bond motifs is 1. The standard InChI is InChI=1S/C14H19N/c1-13(2,3)14(4)8-5-11-7-10-15-12(11)6-9-14/h5-10,15H,1-4H3. The van der Waals surface area contributed by atoms with Crippen molar-refractivity contribution in [1.82, 2.24) is 4.98 Å². The van der Waals surface area contributed by atoms with E-state index in [4.69, 9.17) is 0 Å². The number of nitrogens with one attached hydrogen (secondary N) is 1. The quantitative estimate of drug-likeness (QED) is 0.650. The summed E-state index contributed by atoms with van der Waals surface area (Å²) in [6, 6.07) is 2.12. The summed E-state index contributed by atoms with van der Waals surface area (Å²) in [6.07, 6.45) is 11.0. The predicted molar refractivity (Wildman–Crippen MR) is 66.4 cm³/mol. The molecule has 1 aliphatic rings. The van der Waals surface area contributed by atoms with Crippen LogP contribution < -0.4 is 0 Å². The number of H-pyrrole nitrogens is 1. The van der Waals surface area contributed by atoms with Crippen molar-refractivity contribution in [2.24, 2.45) is 10.8 Å². The van der Waals surface area contributed by atoms with Crippen LogP contribution in [-0.2, 0) is 0 Å². The largest absolute Gasteiger partial charge is 0.361 e. The molecule has 80 valence electrons. The summed E-state index contributed by atoms with van der Waals surface area (Å²) in [7, 11) is 0. The summed E-state index contributed by atoms with van der Waals surface area (Å²) in [6.45, 7) is 9.12. The van der Waals surface area contributed by atoms with Gasteiger partial charge in [-0.1, -0.05) is 45.9 Å². The Morgan fingerprint density at radius 2 is 1.80 bits per heavy atom. The first-order chi connectivity index (χ1) is 6.92. The molecular formula is C14H19N. The van der Waals surface area contributed by atoms with Crippen LogP contribution in [-0.4, -0.2) is 4.98 Å². The third kappa shape index (κ3) is 1.67. The average Bonchev–Trinajstić information content (AvgIpc) is 2.51. The summed E-state index contributed by atoms with van der Waals surface area (Å²) in [5, 5.41) is 0. The molecule has 0 saturated heterocycles. The Hall–Kier alpha value is -1.24. The van der Waals surface area contributed by atoms with Crippen LogP contribution in [0.5, 0.6) is 0 Å². The Labute approximate surface area is 91.9 Å². The highest BCUT2D eigenvalue weighted by atomic mass is 14.7. The van der Waals surface area contributed by atoms with Gasteiger partial charge in [-0.25, -0.2) is 0 Å². The molecule has 0 fully saturated rings. The molecule has 1 N–H and O–H groups in total. The van der Waals surface area contributed by atoms with Gasteiger partial charge in [0.15, 0.2) is 0 Å². The van der Waals surface area contributed by atoms with Crippen molar-refractivity contribution in [3.8, 4) is 0 Å². The van der Waals surface area contributed by atoms with Gasteiger partial charge in [0.1, 0.15) is 0 Å². The molecule has 1 aromatic rings. The number of allylic oxidation sites excluding steroid dienone is 2. The lowest BCUT2D eigenvalue weighted by molar-refractivity contribution is 0.230. The molecule has 0 radical (unpaired) electrons. The van der Waals surface area contributed by atoms with Gasteiger partial charge in [-0.2, -0.15) is 0 Å². The monoisotopic (exact) mass is 201 g/mol. The van der Waals surface area contributed by atoms with Crippen LogP contribution in [0.25, 0.3) is 12.2 Å². The highest BCUT2D eigenvalue weighted by Crippen LogP contribution is 2.43. The first-order valence-corrected chi connectivity index (χ1v) is 5.48. The van der Waals surface area contributed by atoms with E-state index < -0.39 is 0 Å². The van der Waals surface area contributed by atoms with Crippen LogP contribution in [0, 0.1) is 10.8 Å². The fourth-order valence-electron chi connectivity index (χ4n) is 1.76. The second-order valence-corrected chi connectivity index (χ2v) is 5.55. The maximum atomic E-state index is 3.25. The zero-order valence-corrected chi connectivity index (χ0v) is 9.96. The topological polar surface area (TPSA) is 15.8 Å². The lowest BCUT2D eigenvalue weighted by Crippen LogP contribution is -2.28. The summed E-state index contributed by atoms with van der Waals surface area (Å²) < 4.78 is 0. The fraction of sp³-hybridized carbons (Fsp3) is 0.429. The van der Waals surface area contributed by atoms with Crippen LogP contribution in [0.2, 0.25) is 0 Å². The Kier molecular flexibility index (Phi) is 2.14. The van der Waals surface area contributed by atoms with Crippen molar-refractivity contribution in [3.05, 3.63) is 35.7 Å². The summed E-state index contributed by atoms with van der Waals surface area (Å²) in [5.41, 5.74) is 2.84. The van der Waals surface area contributed by atoms with Gasteiger partial charge in [-0.3, -0.25) is 0 Å². The molecule has 0 aliphatic heterocycles. The number of hydrogen-bond donors (Lipinski definition) is 1. The number of aromatic nitrogens is 1.